The molecule has 3 N–H and O–H groups in total. The predicted molar refractivity (Wildman–Crippen MR) is 59.8 cm³/mol. The Balaban J connectivity index is 4.12. The molecule has 0 aromatic rings. The first-order valence-corrected chi connectivity index (χ1v) is 5.21. The predicted octanol–water partition coefficient (Wildman–Crippen LogP) is 1.16. The summed E-state index contributed by atoms with van der Waals surface area (Å²) >= 11 is 0. The van der Waals surface area contributed by atoms with E-state index < -0.39 is 5.97 Å². The van der Waals surface area contributed by atoms with Crippen molar-refractivity contribution in [1.29, 1.82) is 0 Å². The number of carbonyl (C=O) groups is 1. The summed E-state index contributed by atoms with van der Waals surface area (Å²) in [7, 11) is 0. The van der Waals surface area contributed by atoms with Crippen molar-refractivity contribution in [2.45, 2.75) is 39.2 Å². The number of rotatable bonds is 7. The molecule has 1 atom stereocenters. The van der Waals surface area contributed by atoms with Crippen LogP contribution >= 0.6 is 0 Å². The van der Waals surface area contributed by atoms with Gasteiger partial charge < -0.3 is 15.5 Å². The summed E-state index contributed by atoms with van der Waals surface area (Å²) in [5.41, 5.74) is 0.217. The van der Waals surface area contributed by atoms with Crippen LogP contribution in [-0.2, 0) is 4.79 Å². The van der Waals surface area contributed by atoms with Gasteiger partial charge in [0.2, 0.25) is 0 Å². The molecule has 0 radical (unpaired) electrons. The van der Waals surface area contributed by atoms with Crippen molar-refractivity contribution in [1.82, 2.24) is 5.32 Å². The zero-order chi connectivity index (χ0) is 11.9. The molecule has 0 amide bonds. The van der Waals surface area contributed by atoms with E-state index in [2.05, 4.69) is 5.32 Å². The molecule has 0 saturated heterocycles. The third-order valence-corrected chi connectivity index (χ3v) is 2.72. The van der Waals surface area contributed by atoms with Crippen LogP contribution in [-0.4, -0.2) is 34.9 Å². The van der Waals surface area contributed by atoms with Gasteiger partial charge in [0.25, 0.3) is 0 Å². The number of nitrogens with one attached hydrogen (secondary N) is 1. The van der Waals surface area contributed by atoms with Crippen molar-refractivity contribution < 1.29 is 15.0 Å². The fourth-order valence-electron chi connectivity index (χ4n) is 1.17. The Morgan fingerprint density at radius 1 is 1.53 bits per heavy atom. The largest absolute Gasteiger partial charge is 0.478 e. The second-order valence-electron chi connectivity index (χ2n) is 3.96. The molecule has 0 aliphatic carbocycles. The zero-order valence-electron chi connectivity index (χ0n) is 9.71. The van der Waals surface area contributed by atoms with E-state index in [0.717, 1.165) is 6.42 Å². The van der Waals surface area contributed by atoms with Crippen molar-refractivity contribution in [2.24, 2.45) is 0 Å². The van der Waals surface area contributed by atoms with Crippen molar-refractivity contribution in [3.05, 3.63) is 11.6 Å². The van der Waals surface area contributed by atoms with Crippen molar-refractivity contribution >= 4 is 5.97 Å². The molecule has 0 saturated carbocycles. The fraction of sp³-hybridized carbons (Fsp3) is 0.727. The lowest BCUT2D eigenvalue weighted by molar-refractivity contribution is -0.132. The standard InChI is InChI=1S/C11H21NO3/c1-4-11(3,6-8-13)12-7-5-9(2)10(14)15/h5,12-13H,4,6-8H2,1-3H3,(H,14,15)/b9-5-. The van der Waals surface area contributed by atoms with Crippen LogP contribution in [0.15, 0.2) is 11.6 Å². The Morgan fingerprint density at radius 2 is 2.13 bits per heavy atom. The Bertz CT molecular complexity index is 238. The van der Waals surface area contributed by atoms with E-state index in [4.69, 9.17) is 10.2 Å². The van der Waals surface area contributed by atoms with Crippen molar-refractivity contribution in [2.75, 3.05) is 13.2 Å². The van der Waals surface area contributed by atoms with E-state index in [1.807, 2.05) is 13.8 Å². The van der Waals surface area contributed by atoms with Crippen LogP contribution in [0.5, 0.6) is 0 Å². The lowest BCUT2D eigenvalue weighted by atomic mass is 9.95. The summed E-state index contributed by atoms with van der Waals surface area (Å²) in [4.78, 5) is 10.5. The SMILES string of the molecule is CCC(C)(CCO)NC/C=C(/C)C(=O)O. The number of hydrogen-bond acceptors (Lipinski definition) is 3. The maximum absolute atomic E-state index is 10.5. The Kier molecular flexibility index (Phi) is 6.20. The molecule has 0 aromatic heterocycles. The highest BCUT2D eigenvalue weighted by atomic mass is 16.4. The summed E-state index contributed by atoms with van der Waals surface area (Å²) in [5, 5.41) is 20.7. The molecule has 1 unspecified atom stereocenters. The maximum atomic E-state index is 10.5. The average molecular weight is 215 g/mol. The normalized spacial score (nSPS) is 16.1. The van der Waals surface area contributed by atoms with E-state index in [1.54, 1.807) is 13.0 Å². The summed E-state index contributed by atoms with van der Waals surface area (Å²) in [6.45, 7) is 6.28. The number of aliphatic hydroxyl groups is 1. The number of aliphatic carboxylic acids is 1. The number of hydrogen-bond donors (Lipinski definition) is 3. The fourth-order valence-corrected chi connectivity index (χ4v) is 1.17. The molecule has 4 nitrogen and oxygen atoms in total. The first kappa shape index (κ1) is 14.1. The highest BCUT2D eigenvalue weighted by Gasteiger charge is 2.19. The average Bonchev–Trinajstić information content (AvgIpc) is 2.18. The molecular formula is C11H21NO3. The first-order chi connectivity index (χ1) is 6.95. The second-order valence-corrected chi connectivity index (χ2v) is 3.96. The van der Waals surface area contributed by atoms with Gasteiger partial charge in [-0.1, -0.05) is 13.0 Å². The quantitative estimate of drug-likeness (QED) is 0.557. The molecule has 88 valence electrons. The zero-order valence-corrected chi connectivity index (χ0v) is 9.71. The number of carboxylic acid groups (broad SMARTS) is 1. The molecule has 0 aliphatic heterocycles. The van der Waals surface area contributed by atoms with E-state index in [9.17, 15) is 4.79 Å². The van der Waals surface area contributed by atoms with Gasteiger partial charge >= 0.3 is 5.97 Å². The van der Waals surface area contributed by atoms with Gasteiger partial charge in [-0.2, -0.15) is 0 Å². The molecular weight excluding hydrogens is 194 g/mol. The summed E-state index contributed by atoms with van der Waals surface area (Å²) in [5.74, 6) is -0.892. The third kappa shape index (κ3) is 5.54. The lowest BCUT2D eigenvalue weighted by Crippen LogP contribution is -2.42. The second kappa shape index (κ2) is 6.58. The third-order valence-electron chi connectivity index (χ3n) is 2.72. The van der Waals surface area contributed by atoms with Crippen LogP contribution in [0.4, 0.5) is 0 Å². The maximum Gasteiger partial charge on any atom is 0.330 e. The van der Waals surface area contributed by atoms with E-state index in [0.29, 0.717) is 18.5 Å². The molecule has 0 aromatic carbocycles. The van der Waals surface area contributed by atoms with Gasteiger partial charge in [0, 0.05) is 24.3 Å². The van der Waals surface area contributed by atoms with E-state index in [-0.39, 0.29) is 12.1 Å². The summed E-state index contributed by atoms with van der Waals surface area (Å²) < 4.78 is 0. The molecule has 4 heteroatoms. The van der Waals surface area contributed by atoms with Gasteiger partial charge in [-0.05, 0) is 26.7 Å². The van der Waals surface area contributed by atoms with Crippen LogP contribution in [0.2, 0.25) is 0 Å². The highest BCUT2D eigenvalue weighted by molar-refractivity contribution is 5.85. The topological polar surface area (TPSA) is 69.6 Å². The Morgan fingerprint density at radius 3 is 2.53 bits per heavy atom. The van der Waals surface area contributed by atoms with Crippen LogP contribution in [0.3, 0.4) is 0 Å². The van der Waals surface area contributed by atoms with Crippen LogP contribution < -0.4 is 5.32 Å². The smallest absolute Gasteiger partial charge is 0.330 e. The molecule has 0 bridgehead atoms. The minimum Gasteiger partial charge on any atom is -0.478 e. The van der Waals surface area contributed by atoms with Crippen molar-refractivity contribution in [3.8, 4) is 0 Å². The number of carboxylic acids is 1. The molecule has 0 spiro atoms. The molecule has 0 rings (SSSR count). The van der Waals surface area contributed by atoms with Gasteiger partial charge in [-0.3, -0.25) is 0 Å². The summed E-state index contributed by atoms with van der Waals surface area (Å²) in [6, 6.07) is 0. The first-order valence-electron chi connectivity index (χ1n) is 5.21. The lowest BCUT2D eigenvalue weighted by Gasteiger charge is -2.28. The minimum atomic E-state index is -0.892. The van der Waals surface area contributed by atoms with Crippen LogP contribution in [0.1, 0.15) is 33.6 Å². The van der Waals surface area contributed by atoms with Crippen LogP contribution in [0, 0.1) is 0 Å². The van der Waals surface area contributed by atoms with Gasteiger partial charge in [-0.15, -0.1) is 0 Å². The molecule has 0 heterocycles. The molecule has 0 aliphatic rings. The van der Waals surface area contributed by atoms with E-state index in [1.165, 1.54) is 0 Å². The Labute approximate surface area is 91.0 Å². The van der Waals surface area contributed by atoms with Gasteiger partial charge in [0.15, 0.2) is 0 Å². The Hall–Kier alpha value is -0.870. The van der Waals surface area contributed by atoms with Crippen LogP contribution in [0.25, 0.3) is 0 Å². The van der Waals surface area contributed by atoms with Gasteiger partial charge in [0.05, 0.1) is 0 Å². The summed E-state index contributed by atoms with van der Waals surface area (Å²) in [6.07, 6.45) is 3.21. The molecule has 0 fully saturated rings. The minimum absolute atomic E-state index is 0.121. The van der Waals surface area contributed by atoms with E-state index >= 15 is 0 Å². The van der Waals surface area contributed by atoms with Gasteiger partial charge in [-0.25, -0.2) is 4.79 Å². The highest BCUT2D eigenvalue weighted by Crippen LogP contribution is 2.13. The van der Waals surface area contributed by atoms with Gasteiger partial charge in [0.1, 0.15) is 0 Å². The monoisotopic (exact) mass is 215 g/mol. The number of aliphatic hydroxyl groups excluding tert-OH is 1. The van der Waals surface area contributed by atoms with Crippen molar-refractivity contribution in [3.63, 3.8) is 0 Å². The molecule has 15 heavy (non-hydrogen) atoms.